The van der Waals surface area contributed by atoms with Gasteiger partial charge in [0, 0.05) is 24.9 Å². The number of Topliss-reactive ketones (excluding diaryl/α,β-unsaturated/α-hetero) is 1. The van der Waals surface area contributed by atoms with E-state index in [1.165, 1.54) is 22.9 Å². The predicted molar refractivity (Wildman–Crippen MR) is 121 cm³/mol. The monoisotopic (exact) mass is 404 g/mol. The number of nitrogens with one attached hydrogen (secondary N) is 2. The molecule has 0 saturated heterocycles. The molecule has 30 heavy (non-hydrogen) atoms. The molecule has 0 spiro atoms. The van der Waals surface area contributed by atoms with E-state index in [4.69, 9.17) is 5.41 Å². The average Bonchev–Trinajstić information content (AvgIpc) is 2.78. The first-order valence-electron chi connectivity index (χ1n) is 11.1. The van der Waals surface area contributed by atoms with Crippen LogP contribution in [0.15, 0.2) is 48.5 Å². The van der Waals surface area contributed by atoms with Crippen molar-refractivity contribution in [2.24, 2.45) is 0 Å². The third kappa shape index (κ3) is 6.65. The predicted octanol–water partition coefficient (Wildman–Crippen LogP) is 5.25. The fraction of sp³-hybridized carbons (Fsp3) is 0.423. The van der Waals surface area contributed by atoms with E-state index in [-0.39, 0.29) is 5.91 Å². The van der Waals surface area contributed by atoms with Crippen molar-refractivity contribution in [3.8, 4) is 0 Å². The van der Waals surface area contributed by atoms with Crippen LogP contribution in [-0.2, 0) is 17.6 Å². The minimum Gasteiger partial charge on any atom is -0.352 e. The maximum Gasteiger partial charge on any atom is 0.251 e. The molecule has 4 heteroatoms. The number of hydrogen-bond donors (Lipinski definition) is 2. The maximum absolute atomic E-state index is 12.4. The van der Waals surface area contributed by atoms with Crippen LogP contribution in [0, 0.1) is 5.41 Å². The van der Waals surface area contributed by atoms with E-state index in [0.717, 1.165) is 44.9 Å². The highest BCUT2D eigenvalue weighted by Gasteiger charge is 2.20. The molecular formula is C26H32N2O2. The van der Waals surface area contributed by atoms with Gasteiger partial charge >= 0.3 is 0 Å². The lowest BCUT2D eigenvalue weighted by Crippen LogP contribution is -2.25. The van der Waals surface area contributed by atoms with Gasteiger partial charge in [-0.3, -0.25) is 9.59 Å². The van der Waals surface area contributed by atoms with E-state index in [1.807, 2.05) is 24.3 Å². The Morgan fingerprint density at radius 3 is 2.20 bits per heavy atom. The van der Waals surface area contributed by atoms with Gasteiger partial charge in [0.2, 0.25) is 0 Å². The molecule has 3 rings (SSSR count). The molecule has 0 radical (unpaired) electrons. The van der Waals surface area contributed by atoms with Crippen LogP contribution < -0.4 is 5.32 Å². The Morgan fingerprint density at radius 1 is 0.933 bits per heavy atom. The molecule has 0 bridgehead atoms. The molecule has 0 aliphatic heterocycles. The van der Waals surface area contributed by atoms with Gasteiger partial charge in [-0.05, 0) is 85.9 Å². The van der Waals surface area contributed by atoms with Gasteiger partial charge < -0.3 is 10.7 Å². The highest BCUT2D eigenvalue weighted by Crippen LogP contribution is 2.31. The molecule has 4 nitrogen and oxygen atoms in total. The molecule has 0 aromatic heterocycles. The second kappa shape index (κ2) is 11.4. The topological polar surface area (TPSA) is 70.0 Å². The highest BCUT2D eigenvalue weighted by atomic mass is 16.1. The van der Waals surface area contributed by atoms with Crippen molar-refractivity contribution in [1.29, 1.82) is 5.41 Å². The van der Waals surface area contributed by atoms with E-state index in [2.05, 4.69) is 29.6 Å². The molecule has 0 atom stereocenters. The van der Waals surface area contributed by atoms with Crippen LogP contribution in [0.4, 0.5) is 0 Å². The molecule has 2 aromatic carbocycles. The lowest BCUT2D eigenvalue weighted by atomic mass is 9.83. The summed E-state index contributed by atoms with van der Waals surface area (Å²) in [6.45, 7) is 0.615. The minimum absolute atomic E-state index is 0.0387. The van der Waals surface area contributed by atoms with Crippen molar-refractivity contribution in [2.45, 2.75) is 63.7 Å². The van der Waals surface area contributed by atoms with Crippen LogP contribution in [0.1, 0.15) is 77.9 Å². The number of carbonyl (C=O) groups is 2. The molecular weight excluding hydrogens is 372 g/mol. The zero-order chi connectivity index (χ0) is 21.2. The van der Waals surface area contributed by atoms with E-state index < -0.39 is 0 Å². The summed E-state index contributed by atoms with van der Waals surface area (Å²) in [6, 6.07) is 16.5. The SMILES string of the molecule is N=CCCCCc1ccc(CCNC(=O)c2ccc(C3CCC(=O)CC3)cc2)cc1. The minimum atomic E-state index is -0.0387. The fourth-order valence-electron chi connectivity index (χ4n) is 4.05. The van der Waals surface area contributed by atoms with Crippen LogP contribution in [0.25, 0.3) is 0 Å². The Labute approximate surface area is 179 Å². The summed E-state index contributed by atoms with van der Waals surface area (Å²) in [5.41, 5.74) is 4.47. The van der Waals surface area contributed by atoms with Gasteiger partial charge in [0.1, 0.15) is 5.78 Å². The van der Waals surface area contributed by atoms with Crippen LogP contribution in [0.5, 0.6) is 0 Å². The Morgan fingerprint density at radius 2 is 1.57 bits per heavy atom. The molecule has 158 valence electrons. The Kier molecular flexibility index (Phi) is 8.37. The van der Waals surface area contributed by atoms with Gasteiger partial charge in [0.25, 0.3) is 5.91 Å². The van der Waals surface area contributed by atoms with Crippen molar-refractivity contribution in [3.63, 3.8) is 0 Å². The molecule has 0 unspecified atom stereocenters. The van der Waals surface area contributed by atoms with Crippen molar-refractivity contribution < 1.29 is 9.59 Å². The molecule has 1 fully saturated rings. The van der Waals surface area contributed by atoms with Crippen LogP contribution in [0.3, 0.4) is 0 Å². The van der Waals surface area contributed by atoms with Gasteiger partial charge in [-0.2, -0.15) is 0 Å². The number of aryl methyl sites for hydroxylation is 1. The molecule has 1 amide bonds. The number of hydrogen-bond acceptors (Lipinski definition) is 3. The van der Waals surface area contributed by atoms with Gasteiger partial charge in [0.15, 0.2) is 0 Å². The number of rotatable bonds is 10. The summed E-state index contributed by atoms with van der Waals surface area (Å²) in [6.07, 6.45) is 9.60. The summed E-state index contributed by atoms with van der Waals surface area (Å²) in [7, 11) is 0. The summed E-state index contributed by atoms with van der Waals surface area (Å²) >= 11 is 0. The van der Waals surface area contributed by atoms with E-state index in [1.54, 1.807) is 0 Å². The van der Waals surface area contributed by atoms with Gasteiger partial charge in [0.05, 0.1) is 0 Å². The van der Waals surface area contributed by atoms with Gasteiger partial charge in [-0.15, -0.1) is 0 Å². The summed E-state index contributed by atoms with van der Waals surface area (Å²) in [4.78, 5) is 23.8. The average molecular weight is 405 g/mol. The number of benzene rings is 2. The largest absolute Gasteiger partial charge is 0.352 e. The second-order valence-electron chi connectivity index (χ2n) is 8.21. The Hall–Kier alpha value is -2.75. The number of carbonyl (C=O) groups excluding carboxylic acids is 2. The van der Waals surface area contributed by atoms with E-state index in [0.29, 0.717) is 36.7 Å². The Balaban J connectivity index is 1.41. The number of amides is 1. The summed E-state index contributed by atoms with van der Waals surface area (Å²) in [5, 5.41) is 10.1. The van der Waals surface area contributed by atoms with Crippen molar-refractivity contribution in [3.05, 3.63) is 70.8 Å². The zero-order valence-corrected chi connectivity index (χ0v) is 17.7. The molecule has 1 aliphatic carbocycles. The van der Waals surface area contributed by atoms with Crippen LogP contribution >= 0.6 is 0 Å². The first kappa shape index (κ1) is 21.9. The first-order chi connectivity index (χ1) is 14.7. The standard InChI is InChI=1S/C26H32N2O2/c27-18-3-1-2-4-20-5-7-21(8-6-20)17-19-28-26(30)24-11-9-22(10-12-24)23-13-15-25(29)16-14-23/h5-12,18,23,27H,1-4,13-17,19H2,(H,28,30). The summed E-state index contributed by atoms with van der Waals surface area (Å²) < 4.78 is 0. The number of unbranched alkanes of at least 4 members (excludes halogenated alkanes) is 2. The third-order valence-corrected chi connectivity index (χ3v) is 5.97. The molecule has 0 heterocycles. The highest BCUT2D eigenvalue weighted by molar-refractivity contribution is 5.94. The summed E-state index contributed by atoms with van der Waals surface area (Å²) in [5.74, 6) is 0.776. The molecule has 2 N–H and O–H groups in total. The lowest BCUT2D eigenvalue weighted by molar-refractivity contribution is -0.120. The maximum atomic E-state index is 12.4. The molecule has 2 aromatic rings. The first-order valence-corrected chi connectivity index (χ1v) is 11.1. The third-order valence-electron chi connectivity index (χ3n) is 5.97. The number of ketones is 1. The van der Waals surface area contributed by atoms with Crippen LogP contribution in [0.2, 0.25) is 0 Å². The van der Waals surface area contributed by atoms with Crippen LogP contribution in [-0.4, -0.2) is 24.4 Å². The van der Waals surface area contributed by atoms with E-state index in [9.17, 15) is 9.59 Å². The lowest BCUT2D eigenvalue weighted by Gasteiger charge is -2.21. The van der Waals surface area contributed by atoms with Crippen molar-refractivity contribution >= 4 is 17.9 Å². The normalized spacial score (nSPS) is 14.5. The Bertz CT molecular complexity index is 830. The quantitative estimate of drug-likeness (QED) is 0.419. The smallest absolute Gasteiger partial charge is 0.251 e. The molecule has 1 saturated carbocycles. The van der Waals surface area contributed by atoms with E-state index >= 15 is 0 Å². The van der Waals surface area contributed by atoms with Crippen molar-refractivity contribution in [1.82, 2.24) is 5.32 Å². The fourth-order valence-corrected chi connectivity index (χ4v) is 4.05. The van der Waals surface area contributed by atoms with Gasteiger partial charge in [-0.25, -0.2) is 0 Å². The molecule has 1 aliphatic rings. The van der Waals surface area contributed by atoms with Gasteiger partial charge in [-0.1, -0.05) is 36.4 Å². The second-order valence-corrected chi connectivity index (χ2v) is 8.21. The van der Waals surface area contributed by atoms with Crippen molar-refractivity contribution in [2.75, 3.05) is 6.54 Å². The zero-order valence-electron chi connectivity index (χ0n) is 17.7.